The third kappa shape index (κ3) is 7.16. The van der Waals surface area contributed by atoms with Gasteiger partial charge in [-0.25, -0.2) is 9.78 Å². The van der Waals surface area contributed by atoms with Crippen molar-refractivity contribution in [3.63, 3.8) is 0 Å². The van der Waals surface area contributed by atoms with Crippen molar-refractivity contribution in [1.82, 2.24) is 9.55 Å². The summed E-state index contributed by atoms with van der Waals surface area (Å²) in [6.07, 6.45) is -5.08. The maximum atomic E-state index is 13.9. The van der Waals surface area contributed by atoms with E-state index in [-0.39, 0.29) is 5.92 Å². The second kappa shape index (κ2) is 13.7. The number of alkyl halides is 3. The molecule has 0 saturated carbocycles. The number of aromatic nitrogens is 2. The van der Waals surface area contributed by atoms with E-state index in [4.69, 9.17) is 42.8 Å². The maximum Gasteiger partial charge on any atom is 0.490 e. The molecule has 0 aliphatic rings. The maximum absolute atomic E-state index is 13.9. The Bertz CT molecular complexity index is 1740. The molecule has 5 rings (SSSR count). The average molecular weight is 658 g/mol. The van der Waals surface area contributed by atoms with E-state index in [0.717, 1.165) is 40.1 Å². The molecule has 11 heteroatoms. The normalized spacial score (nSPS) is 12.3. The first kappa shape index (κ1) is 33.6. The van der Waals surface area contributed by atoms with Gasteiger partial charge in [-0.2, -0.15) is 13.2 Å². The first-order valence-corrected chi connectivity index (χ1v) is 14.5. The van der Waals surface area contributed by atoms with Gasteiger partial charge in [-0.1, -0.05) is 90.8 Å². The Kier molecular flexibility index (Phi) is 10.3. The molecule has 0 radical (unpaired) electrons. The van der Waals surface area contributed by atoms with E-state index in [0.29, 0.717) is 10.0 Å². The van der Waals surface area contributed by atoms with Crippen molar-refractivity contribution in [3.05, 3.63) is 135 Å². The molecule has 4 aromatic carbocycles. The summed E-state index contributed by atoms with van der Waals surface area (Å²) in [7, 11) is 1.41. The lowest BCUT2D eigenvalue weighted by Gasteiger charge is -2.33. The minimum Gasteiger partial charge on any atom is -0.475 e. The molecule has 1 N–H and O–H groups in total. The topological polar surface area (TPSA) is 81.4 Å². The van der Waals surface area contributed by atoms with Crippen LogP contribution in [0, 0.1) is 6.92 Å². The fourth-order valence-corrected chi connectivity index (χ4v) is 5.53. The fraction of sp³-hybridized carbons (Fsp3) is 0.206. The van der Waals surface area contributed by atoms with E-state index in [2.05, 4.69) is 41.8 Å². The zero-order chi connectivity index (χ0) is 32.9. The Labute approximate surface area is 268 Å². The van der Waals surface area contributed by atoms with Crippen LogP contribution in [0.15, 0.2) is 97.1 Å². The molecule has 6 nitrogen and oxygen atoms in total. The van der Waals surface area contributed by atoms with Crippen LogP contribution >= 0.6 is 23.2 Å². The second-order valence-electron chi connectivity index (χ2n) is 10.3. The number of carboxylic acid groups (broad SMARTS) is 1. The number of benzene rings is 4. The molecular formula is C34H29Cl2F3N2O4. The molecule has 1 aromatic heterocycles. The predicted octanol–water partition coefficient (Wildman–Crippen LogP) is 8.60. The Morgan fingerprint density at radius 3 is 1.82 bits per heavy atom. The number of imidazole rings is 1. The molecule has 1 atom stereocenters. The summed E-state index contributed by atoms with van der Waals surface area (Å²) >= 11 is 12.5. The van der Waals surface area contributed by atoms with Crippen molar-refractivity contribution < 1.29 is 32.6 Å². The van der Waals surface area contributed by atoms with Crippen LogP contribution in [-0.2, 0) is 26.3 Å². The van der Waals surface area contributed by atoms with Gasteiger partial charge in [0.05, 0.1) is 18.1 Å². The number of carbonyl (C=O) groups is 2. The molecule has 45 heavy (non-hydrogen) atoms. The third-order valence-electron chi connectivity index (χ3n) is 7.49. The van der Waals surface area contributed by atoms with Crippen molar-refractivity contribution in [3.8, 4) is 0 Å². The minimum absolute atomic E-state index is 0.272. The van der Waals surface area contributed by atoms with Gasteiger partial charge < -0.3 is 14.4 Å². The number of rotatable bonds is 7. The van der Waals surface area contributed by atoms with Crippen molar-refractivity contribution in [2.24, 2.45) is 0 Å². The number of aryl methyl sites for hydroxylation is 1. The van der Waals surface area contributed by atoms with Gasteiger partial charge in [0.1, 0.15) is 11.2 Å². The van der Waals surface area contributed by atoms with Gasteiger partial charge in [-0.3, -0.25) is 4.79 Å². The van der Waals surface area contributed by atoms with Crippen LogP contribution in [0.1, 0.15) is 40.9 Å². The summed E-state index contributed by atoms with van der Waals surface area (Å²) in [4.78, 5) is 27.6. The van der Waals surface area contributed by atoms with E-state index in [1.54, 1.807) is 24.3 Å². The highest BCUT2D eigenvalue weighted by Crippen LogP contribution is 2.42. The van der Waals surface area contributed by atoms with Crippen molar-refractivity contribution in [1.29, 1.82) is 0 Å². The van der Waals surface area contributed by atoms with Gasteiger partial charge in [0.25, 0.3) is 0 Å². The number of hydrogen-bond acceptors (Lipinski definition) is 4. The third-order valence-corrected chi connectivity index (χ3v) is 7.99. The molecule has 0 bridgehead atoms. The number of nitrogens with zero attached hydrogens (tertiary/aromatic N) is 2. The number of fused-ring (bicyclic) bond motifs is 1. The van der Waals surface area contributed by atoms with Gasteiger partial charge in [0.15, 0.2) is 0 Å². The van der Waals surface area contributed by atoms with Gasteiger partial charge >= 0.3 is 18.1 Å². The Hall–Kier alpha value is -4.34. The monoisotopic (exact) mass is 656 g/mol. The first-order chi connectivity index (χ1) is 21.3. The molecule has 0 saturated heterocycles. The van der Waals surface area contributed by atoms with E-state index >= 15 is 0 Å². The summed E-state index contributed by atoms with van der Waals surface area (Å²) in [5.74, 6) is -1.97. The smallest absolute Gasteiger partial charge is 0.475 e. The molecule has 0 spiro atoms. The van der Waals surface area contributed by atoms with Crippen molar-refractivity contribution >= 4 is 46.2 Å². The summed E-state index contributed by atoms with van der Waals surface area (Å²) in [5, 5.41) is 8.30. The molecule has 0 aliphatic carbocycles. The molecule has 1 heterocycles. The molecule has 0 amide bonds. The zero-order valence-corrected chi connectivity index (χ0v) is 26.0. The molecule has 234 valence electrons. The average Bonchev–Trinajstić information content (AvgIpc) is 3.33. The van der Waals surface area contributed by atoms with Crippen molar-refractivity contribution in [2.45, 2.75) is 37.9 Å². The molecular weight excluding hydrogens is 628 g/mol. The quantitative estimate of drug-likeness (QED) is 0.140. The number of methoxy groups -OCH3 is 1. The molecule has 0 fully saturated rings. The number of aliphatic carboxylic acids is 1. The molecule has 5 aromatic rings. The number of ether oxygens (including phenoxy) is 1. The fourth-order valence-electron chi connectivity index (χ4n) is 5.27. The van der Waals surface area contributed by atoms with Crippen LogP contribution in [0.3, 0.4) is 0 Å². The number of esters is 1. The minimum atomic E-state index is -5.08. The number of hydrogen-bond donors (Lipinski definition) is 1. The van der Waals surface area contributed by atoms with Gasteiger partial charge in [0.2, 0.25) is 0 Å². The lowest BCUT2D eigenvalue weighted by Crippen LogP contribution is -2.39. The lowest BCUT2D eigenvalue weighted by molar-refractivity contribution is -0.192. The summed E-state index contributed by atoms with van der Waals surface area (Å²) in [6.45, 7) is 4.98. The summed E-state index contributed by atoms with van der Waals surface area (Å²) in [5.41, 5.74) is 4.11. The lowest BCUT2D eigenvalue weighted by atomic mass is 9.69. The summed E-state index contributed by atoms with van der Waals surface area (Å²) in [6, 6.07) is 31.1. The van der Waals surface area contributed by atoms with Crippen LogP contribution in [0.5, 0.6) is 0 Å². The number of halogens is 5. The number of carbonyl (C=O) groups excluding carboxylic acids is 1. The van der Waals surface area contributed by atoms with Crippen LogP contribution in [-0.4, -0.2) is 39.9 Å². The van der Waals surface area contributed by atoms with E-state index < -0.39 is 23.5 Å². The van der Waals surface area contributed by atoms with Crippen molar-refractivity contribution in [2.75, 3.05) is 7.11 Å². The van der Waals surface area contributed by atoms with Gasteiger partial charge in [-0.05, 0) is 71.5 Å². The van der Waals surface area contributed by atoms with Gasteiger partial charge in [0, 0.05) is 16.6 Å². The summed E-state index contributed by atoms with van der Waals surface area (Å²) < 4.78 is 39.4. The first-order valence-electron chi connectivity index (χ1n) is 13.7. The van der Waals surface area contributed by atoms with Crippen LogP contribution in [0.2, 0.25) is 10.0 Å². The van der Waals surface area contributed by atoms with Crippen LogP contribution < -0.4 is 0 Å². The highest BCUT2D eigenvalue weighted by Gasteiger charge is 2.45. The Morgan fingerprint density at radius 1 is 0.867 bits per heavy atom. The second-order valence-corrected chi connectivity index (χ2v) is 11.2. The largest absolute Gasteiger partial charge is 0.490 e. The SMILES string of the molecule is COC(=O)C(c1ccc(Cl)cc1)(c1ccc(Cl)cc1)c1ccc2nc(C)n(C[C@@H](C)c3ccccc3)c2c1.O=C(O)C(F)(F)F. The highest BCUT2D eigenvalue weighted by atomic mass is 35.5. The van der Waals surface area contributed by atoms with Gasteiger partial charge in [-0.15, -0.1) is 0 Å². The molecule has 0 aliphatic heterocycles. The van der Waals surface area contributed by atoms with Crippen LogP contribution in [0.25, 0.3) is 11.0 Å². The van der Waals surface area contributed by atoms with E-state index in [1.807, 2.05) is 49.4 Å². The standard InChI is InChI=1S/C32H28Cl2N2O2.C2HF3O2/c1-21(23-7-5-4-6-8-23)20-36-22(2)35-29-18-13-26(19-30(29)36)32(31(37)38-3,24-9-14-27(33)15-10-24)25-11-16-28(34)17-12-25;3-2(4,5)1(6)7/h4-19,21H,20H2,1-3H3;(H,6,7)/t21-;/m1./s1. The predicted molar refractivity (Wildman–Crippen MR) is 168 cm³/mol. The number of carboxylic acids is 1. The van der Waals surface area contributed by atoms with E-state index in [9.17, 15) is 18.0 Å². The Balaban J connectivity index is 0.000000591. The van der Waals surface area contributed by atoms with E-state index in [1.165, 1.54) is 12.7 Å². The Morgan fingerprint density at radius 2 is 1.36 bits per heavy atom. The molecule has 0 unspecified atom stereocenters. The zero-order valence-electron chi connectivity index (χ0n) is 24.5. The van der Waals surface area contributed by atoms with Crippen LogP contribution in [0.4, 0.5) is 13.2 Å². The highest BCUT2D eigenvalue weighted by molar-refractivity contribution is 6.30.